The van der Waals surface area contributed by atoms with E-state index in [0.29, 0.717) is 17.1 Å². The smallest absolute Gasteiger partial charge is 0.251 e. The van der Waals surface area contributed by atoms with Crippen molar-refractivity contribution in [2.45, 2.75) is 19.9 Å². The molecule has 0 saturated carbocycles. The molecular formula is C16H16FNO2. The van der Waals surface area contributed by atoms with Crippen LogP contribution in [0.25, 0.3) is 0 Å². The standard InChI is InChI=1S/C16H16FNO2/c1-11(2)18-16(19)12-3-7-14(8-4-12)20-15-9-5-13(17)6-10-15/h3-11H,1-2H3,(H,18,19). The Balaban J connectivity index is 2.04. The predicted molar refractivity (Wildman–Crippen MR) is 75.5 cm³/mol. The van der Waals surface area contributed by atoms with Gasteiger partial charge in [-0.05, 0) is 62.4 Å². The molecule has 0 unspecified atom stereocenters. The molecule has 2 aromatic rings. The second kappa shape index (κ2) is 6.19. The quantitative estimate of drug-likeness (QED) is 0.921. The fraction of sp³-hybridized carbons (Fsp3) is 0.188. The van der Waals surface area contributed by atoms with Gasteiger partial charge in [-0.25, -0.2) is 4.39 Å². The molecule has 0 spiro atoms. The molecule has 3 nitrogen and oxygen atoms in total. The summed E-state index contributed by atoms with van der Waals surface area (Å²) in [5.74, 6) is 0.717. The van der Waals surface area contributed by atoms with E-state index in [4.69, 9.17) is 4.74 Å². The summed E-state index contributed by atoms with van der Waals surface area (Å²) < 4.78 is 18.3. The lowest BCUT2D eigenvalue weighted by Crippen LogP contribution is -2.29. The molecule has 0 aliphatic carbocycles. The van der Waals surface area contributed by atoms with Gasteiger partial charge in [-0.1, -0.05) is 0 Å². The van der Waals surface area contributed by atoms with Gasteiger partial charge in [0.1, 0.15) is 17.3 Å². The van der Waals surface area contributed by atoms with Gasteiger partial charge in [0, 0.05) is 11.6 Å². The van der Waals surface area contributed by atoms with Crippen molar-refractivity contribution < 1.29 is 13.9 Å². The predicted octanol–water partition coefficient (Wildman–Crippen LogP) is 3.76. The van der Waals surface area contributed by atoms with Crippen molar-refractivity contribution in [1.29, 1.82) is 0 Å². The maximum Gasteiger partial charge on any atom is 0.251 e. The number of carbonyl (C=O) groups is 1. The van der Waals surface area contributed by atoms with Gasteiger partial charge >= 0.3 is 0 Å². The van der Waals surface area contributed by atoms with Crippen LogP contribution in [-0.2, 0) is 0 Å². The van der Waals surface area contributed by atoms with Gasteiger partial charge in [0.25, 0.3) is 5.91 Å². The Morgan fingerprint density at radius 2 is 1.50 bits per heavy atom. The number of hydrogen-bond donors (Lipinski definition) is 1. The maximum atomic E-state index is 12.8. The average molecular weight is 273 g/mol. The highest BCUT2D eigenvalue weighted by molar-refractivity contribution is 5.94. The van der Waals surface area contributed by atoms with E-state index in [9.17, 15) is 9.18 Å². The van der Waals surface area contributed by atoms with Gasteiger partial charge in [0.2, 0.25) is 0 Å². The zero-order valence-electron chi connectivity index (χ0n) is 11.4. The van der Waals surface area contributed by atoms with E-state index in [-0.39, 0.29) is 17.8 Å². The van der Waals surface area contributed by atoms with E-state index in [1.807, 2.05) is 13.8 Å². The minimum Gasteiger partial charge on any atom is -0.457 e. The third kappa shape index (κ3) is 3.82. The molecule has 104 valence electrons. The fourth-order valence-corrected chi connectivity index (χ4v) is 1.66. The van der Waals surface area contributed by atoms with Gasteiger partial charge in [0.05, 0.1) is 0 Å². The number of carbonyl (C=O) groups excluding carboxylic acids is 1. The molecule has 0 fully saturated rings. The van der Waals surface area contributed by atoms with Crippen LogP contribution in [0.3, 0.4) is 0 Å². The summed E-state index contributed by atoms with van der Waals surface area (Å²) in [5, 5.41) is 2.81. The van der Waals surface area contributed by atoms with Gasteiger partial charge in [-0.3, -0.25) is 4.79 Å². The van der Waals surface area contributed by atoms with Crippen LogP contribution < -0.4 is 10.1 Å². The largest absolute Gasteiger partial charge is 0.457 e. The molecule has 20 heavy (non-hydrogen) atoms. The van der Waals surface area contributed by atoms with Crippen LogP contribution in [0.5, 0.6) is 11.5 Å². The first-order valence-electron chi connectivity index (χ1n) is 6.39. The SMILES string of the molecule is CC(C)NC(=O)c1ccc(Oc2ccc(F)cc2)cc1. The van der Waals surface area contributed by atoms with Gasteiger partial charge in [0.15, 0.2) is 0 Å². The zero-order valence-corrected chi connectivity index (χ0v) is 11.4. The summed E-state index contributed by atoms with van der Waals surface area (Å²) in [6.07, 6.45) is 0. The van der Waals surface area contributed by atoms with Crippen molar-refractivity contribution in [3.05, 3.63) is 59.9 Å². The van der Waals surface area contributed by atoms with Crippen LogP contribution in [0, 0.1) is 5.82 Å². The van der Waals surface area contributed by atoms with Crippen LogP contribution in [0.4, 0.5) is 4.39 Å². The van der Waals surface area contributed by atoms with E-state index in [0.717, 1.165) is 0 Å². The van der Waals surface area contributed by atoms with Crippen molar-refractivity contribution in [1.82, 2.24) is 5.32 Å². The highest BCUT2D eigenvalue weighted by Crippen LogP contribution is 2.21. The second-order valence-electron chi connectivity index (χ2n) is 4.71. The Kier molecular flexibility index (Phi) is 4.35. The van der Waals surface area contributed by atoms with E-state index in [1.165, 1.54) is 12.1 Å². The number of rotatable bonds is 4. The van der Waals surface area contributed by atoms with Gasteiger partial charge in [-0.15, -0.1) is 0 Å². The summed E-state index contributed by atoms with van der Waals surface area (Å²) in [6.45, 7) is 3.81. The van der Waals surface area contributed by atoms with E-state index < -0.39 is 0 Å². The summed E-state index contributed by atoms with van der Waals surface area (Å²) in [5.41, 5.74) is 0.574. The van der Waals surface area contributed by atoms with Crippen molar-refractivity contribution in [3.63, 3.8) is 0 Å². The lowest BCUT2D eigenvalue weighted by molar-refractivity contribution is 0.0943. The molecule has 1 amide bonds. The molecule has 0 aliphatic rings. The van der Waals surface area contributed by atoms with Crippen LogP contribution in [0.15, 0.2) is 48.5 Å². The van der Waals surface area contributed by atoms with Crippen LogP contribution in [0.1, 0.15) is 24.2 Å². The Hall–Kier alpha value is -2.36. The molecule has 0 atom stereocenters. The normalized spacial score (nSPS) is 10.4. The Morgan fingerprint density at radius 1 is 1.00 bits per heavy atom. The number of amides is 1. The Labute approximate surface area is 117 Å². The lowest BCUT2D eigenvalue weighted by atomic mass is 10.2. The van der Waals surface area contributed by atoms with Gasteiger partial charge < -0.3 is 10.1 Å². The van der Waals surface area contributed by atoms with E-state index in [2.05, 4.69) is 5.32 Å². The summed E-state index contributed by atoms with van der Waals surface area (Å²) in [7, 11) is 0. The highest BCUT2D eigenvalue weighted by Gasteiger charge is 2.07. The minimum absolute atomic E-state index is 0.0950. The number of nitrogens with one attached hydrogen (secondary N) is 1. The first-order valence-corrected chi connectivity index (χ1v) is 6.39. The molecule has 0 saturated heterocycles. The van der Waals surface area contributed by atoms with Crippen molar-refractivity contribution in [3.8, 4) is 11.5 Å². The molecule has 2 rings (SSSR count). The van der Waals surface area contributed by atoms with Crippen molar-refractivity contribution in [2.75, 3.05) is 0 Å². The Bertz CT molecular complexity index is 576. The topological polar surface area (TPSA) is 38.3 Å². The second-order valence-corrected chi connectivity index (χ2v) is 4.71. The first-order chi connectivity index (χ1) is 9.54. The lowest BCUT2D eigenvalue weighted by Gasteiger charge is -2.09. The van der Waals surface area contributed by atoms with Crippen LogP contribution in [-0.4, -0.2) is 11.9 Å². The summed E-state index contributed by atoms with van der Waals surface area (Å²) in [4.78, 5) is 11.8. The number of ether oxygens (including phenoxy) is 1. The molecular weight excluding hydrogens is 257 g/mol. The molecule has 4 heteroatoms. The van der Waals surface area contributed by atoms with Crippen molar-refractivity contribution in [2.24, 2.45) is 0 Å². The maximum absolute atomic E-state index is 12.8. The highest BCUT2D eigenvalue weighted by atomic mass is 19.1. The summed E-state index contributed by atoms with van der Waals surface area (Å²) >= 11 is 0. The molecule has 0 aromatic heterocycles. The van der Waals surface area contributed by atoms with Crippen molar-refractivity contribution >= 4 is 5.91 Å². The molecule has 2 aromatic carbocycles. The van der Waals surface area contributed by atoms with E-state index in [1.54, 1.807) is 36.4 Å². The molecule has 0 heterocycles. The van der Waals surface area contributed by atoms with Gasteiger partial charge in [-0.2, -0.15) is 0 Å². The number of halogens is 1. The van der Waals surface area contributed by atoms with E-state index >= 15 is 0 Å². The molecule has 0 radical (unpaired) electrons. The monoisotopic (exact) mass is 273 g/mol. The number of benzene rings is 2. The Morgan fingerprint density at radius 3 is 2.00 bits per heavy atom. The third-order valence-corrected chi connectivity index (χ3v) is 2.59. The third-order valence-electron chi connectivity index (χ3n) is 2.59. The minimum atomic E-state index is -0.307. The fourth-order valence-electron chi connectivity index (χ4n) is 1.66. The van der Waals surface area contributed by atoms with Crippen LogP contribution >= 0.6 is 0 Å². The summed E-state index contributed by atoms with van der Waals surface area (Å²) in [6, 6.07) is 12.7. The zero-order chi connectivity index (χ0) is 14.5. The molecule has 0 bridgehead atoms. The first kappa shape index (κ1) is 14.1. The molecule has 0 aliphatic heterocycles. The average Bonchev–Trinajstić information content (AvgIpc) is 2.41. The van der Waals surface area contributed by atoms with Crippen LogP contribution in [0.2, 0.25) is 0 Å². The molecule has 1 N–H and O–H groups in total. The number of hydrogen-bond acceptors (Lipinski definition) is 2.